The van der Waals surface area contributed by atoms with E-state index in [-0.39, 0.29) is 0 Å². The lowest BCUT2D eigenvalue weighted by atomic mass is 10.0. The minimum absolute atomic E-state index is 0.688. The van der Waals surface area contributed by atoms with E-state index in [1.54, 1.807) is 0 Å². The summed E-state index contributed by atoms with van der Waals surface area (Å²) in [6.45, 7) is 0. The van der Waals surface area contributed by atoms with Gasteiger partial charge < -0.3 is 4.98 Å². The van der Waals surface area contributed by atoms with Crippen LogP contribution in [0.25, 0.3) is 61.3 Å². The Morgan fingerprint density at radius 3 is 2.11 bits per heavy atom. The second kappa shape index (κ2) is 8.99. The van der Waals surface area contributed by atoms with Gasteiger partial charge in [0, 0.05) is 32.9 Å². The summed E-state index contributed by atoms with van der Waals surface area (Å²) in [5.41, 5.74) is 7.67. The number of aromatic amines is 1. The van der Waals surface area contributed by atoms with Gasteiger partial charge in [-0.1, -0.05) is 97.1 Å². The molecule has 1 N–H and O–H groups in total. The molecule has 0 atom stereocenters. The predicted molar refractivity (Wildman–Crippen MR) is 152 cm³/mol. The topological polar surface area (TPSA) is 54.5 Å². The van der Waals surface area contributed by atoms with Crippen LogP contribution in [0.3, 0.4) is 0 Å². The van der Waals surface area contributed by atoms with Crippen LogP contribution in [0.5, 0.6) is 0 Å². The van der Waals surface area contributed by atoms with E-state index in [4.69, 9.17) is 15.0 Å². The van der Waals surface area contributed by atoms with Crippen LogP contribution < -0.4 is 0 Å². The first-order valence-electron chi connectivity index (χ1n) is 12.6. The van der Waals surface area contributed by atoms with E-state index in [0.717, 1.165) is 57.5 Å². The lowest BCUT2D eigenvalue weighted by Gasteiger charge is -2.12. The van der Waals surface area contributed by atoms with Gasteiger partial charge >= 0.3 is 0 Å². The molecule has 0 aliphatic heterocycles. The van der Waals surface area contributed by atoms with Crippen LogP contribution >= 0.6 is 0 Å². The number of hydrogen-bond donors (Lipinski definition) is 1. The van der Waals surface area contributed by atoms with Gasteiger partial charge in [-0.25, -0.2) is 15.0 Å². The lowest BCUT2D eigenvalue weighted by Crippen LogP contribution is -2.03. The highest BCUT2D eigenvalue weighted by molar-refractivity contribution is 6.08. The Hall–Kier alpha value is -4.83. The second-order valence-electron chi connectivity index (χ2n) is 9.34. The van der Waals surface area contributed by atoms with Crippen LogP contribution in [0.2, 0.25) is 0 Å². The molecule has 0 saturated heterocycles. The quantitative estimate of drug-likeness (QED) is 0.279. The highest BCUT2D eigenvalue weighted by atomic mass is 15.0. The van der Waals surface area contributed by atoms with Crippen molar-refractivity contribution in [1.82, 2.24) is 19.9 Å². The molecule has 1 aliphatic rings. The number of nitrogens with zero attached hydrogens (tertiary/aromatic N) is 3. The maximum Gasteiger partial charge on any atom is 0.164 e. The molecule has 176 valence electrons. The molecule has 0 unspecified atom stereocenters. The maximum atomic E-state index is 4.94. The van der Waals surface area contributed by atoms with Crippen molar-refractivity contribution >= 4 is 27.4 Å². The Kier molecular flexibility index (Phi) is 5.21. The fourth-order valence-electron chi connectivity index (χ4n) is 5.03. The number of benzene rings is 4. The molecule has 1 aliphatic carbocycles. The molecule has 0 amide bonds. The van der Waals surface area contributed by atoms with Crippen LogP contribution in [0.15, 0.2) is 115 Å². The lowest BCUT2D eigenvalue weighted by molar-refractivity contribution is 0.978. The van der Waals surface area contributed by atoms with Crippen molar-refractivity contribution in [2.45, 2.75) is 12.8 Å². The van der Waals surface area contributed by atoms with Crippen LogP contribution in [-0.4, -0.2) is 19.9 Å². The molecular weight excluding hydrogens is 452 g/mol. The largest absolute Gasteiger partial charge is 0.354 e. The Morgan fingerprint density at radius 2 is 1.24 bits per heavy atom. The third-order valence-electron chi connectivity index (χ3n) is 6.93. The zero-order valence-corrected chi connectivity index (χ0v) is 20.2. The number of hydrogen-bond acceptors (Lipinski definition) is 3. The molecular formula is C33H24N4. The van der Waals surface area contributed by atoms with Crippen LogP contribution in [0.4, 0.5) is 0 Å². The fourth-order valence-corrected chi connectivity index (χ4v) is 5.03. The van der Waals surface area contributed by atoms with Gasteiger partial charge in [-0.15, -0.1) is 0 Å². The highest BCUT2D eigenvalue weighted by Gasteiger charge is 2.15. The van der Waals surface area contributed by atoms with Gasteiger partial charge in [0.1, 0.15) is 0 Å². The average Bonchev–Trinajstić information content (AvgIpc) is 3.36. The SMILES string of the molecule is C1=CCCC(c2nc(-c3ccccc3)nc(-c3cccc(-c4ccc5c(c4)[nH]c4ccccc45)c3)n2)=C1. The van der Waals surface area contributed by atoms with Crippen molar-refractivity contribution in [3.05, 3.63) is 121 Å². The molecule has 4 nitrogen and oxygen atoms in total. The van der Waals surface area contributed by atoms with Crippen LogP contribution in [0.1, 0.15) is 18.7 Å². The molecule has 4 aromatic carbocycles. The van der Waals surface area contributed by atoms with Crippen molar-refractivity contribution < 1.29 is 0 Å². The van der Waals surface area contributed by atoms with E-state index in [1.807, 2.05) is 30.3 Å². The van der Waals surface area contributed by atoms with Crippen molar-refractivity contribution in [3.63, 3.8) is 0 Å². The molecule has 0 radical (unpaired) electrons. The van der Waals surface area contributed by atoms with Crippen molar-refractivity contribution in [3.8, 4) is 33.9 Å². The van der Waals surface area contributed by atoms with Crippen molar-refractivity contribution in [2.24, 2.45) is 0 Å². The molecule has 6 aromatic rings. The van der Waals surface area contributed by atoms with Crippen LogP contribution in [-0.2, 0) is 0 Å². The Labute approximate surface area is 215 Å². The summed E-state index contributed by atoms with van der Waals surface area (Å²) >= 11 is 0. The monoisotopic (exact) mass is 476 g/mol. The first-order chi connectivity index (χ1) is 18.3. The minimum Gasteiger partial charge on any atom is -0.354 e. The average molecular weight is 477 g/mol. The molecule has 2 aromatic heterocycles. The number of rotatable bonds is 4. The van der Waals surface area contributed by atoms with Gasteiger partial charge in [-0.3, -0.25) is 0 Å². The number of nitrogens with one attached hydrogen (secondary N) is 1. The van der Waals surface area contributed by atoms with Gasteiger partial charge in [0.15, 0.2) is 17.5 Å². The first-order valence-corrected chi connectivity index (χ1v) is 12.6. The molecule has 4 heteroatoms. The molecule has 7 rings (SSSR count). The summed E-state index contributed by atoms with van der Waals surface area (Å²) in [4.78, 5) is 18.3. The summed E-state index contributed by atoms with van der Waals surface area (Å²) < 4.78 is 0. The van der Waals surface area contributed by atoms with Gasteiger partial charge in [0.25, 0.3) is 0 Å². The summed E-state index contributed by atoms with van der Waals surface area (Å²) in [7, 11) is 0. The van der Waals surface area contributed by atoms with E-state index in [0.29, 0.717) is 11.6 Å². The van der Waals surface area contributed by atoms with E-state index in [1.165, 1.54) is 10.8 Å². The summed E-state index contributed by atoms with van der Waals surface area (Å²) in [5.74, 6) is 2.13. The summed E-state index contributed by atoms with van der Waals surface area (Å²) in [5, 5.41) is 2.48. The Bertz CT molecular complexity index is 1830. The highest BCUT2D eigenvalue weighted by Crippen LogP contribution is 2.32. The summed E-state index contributed by atoms with van der Waals surface area (Å²) in [6.07, 6.45) is 8.31. The van der Waals surface area contributed by atoms with E-state index >= 15 is 0 Å². The normalized spacial score (nSPS) is 13.2. The van der Waals surface area contributed by atoms with Crippen molar-refractivity contribution in [2.75, 3.05) is 0 Å². The van der Waals surface area contributed by atoms with E-state index < -0.39 is 0 Å². The molecule has 37 heavy (non-hydrogen) atoms. The molecule has 0 saturated carbocycles. The second-order valence-corrected chi connectivity index (χ2v) is 9.34. The Balaban J connectivity index is 1.34. The van der Waals surface area contributed by atoms with Gasteiger partial charge in [0.2, 0.25) is 0 Å². The molecule has 0 spiro atoms. The molecule has 0 fully saturated rings. The summed E-state index contributed by atoms with van der Waals surface area (Å²) in [6, 6.07) is 33.6. The zero-order valence-electron chi connectivity index (χ0n) is 20.2. The van der Waals surface area contributed by atoms with Gasteiger partial charge in [0.05, 0.1) is 0 Å². The van der Waals surface area contributed by atoms with Gasteiger partial charge in [-0.05, 0) is 47.7 Å². The third-order valence-corrected chi connectivity index (χ3v) is 6.93. The molecule has 0 bridgehead atoms. The standard InChI is InChI=1S/C33H24N4/c1-3-10-22(11-4-1)31-35-32(23-12-5-2-6-13-23)37-33(36-31)26-15-9-14-24(20-26)25-18-19-28-27-16-7-8-17-29(27)34-30(28)21-25/h1-5,7-12,14-21,34H,6,13H2. The number of allylic oxidation sites excluding steroid dienone is 4. The van der Waals surface area contributed by atoms with Crippen molar-refractivity contribution in [1.29, 1.82) is 0 Å². The first kappa shape index (κ1) is 21.5. The van der Waals surface area contributed by atoms with Gasteiger partial charge in [-0.2, -0.15) is 0 Å². The number of fused-ring (bicyclic) bond motifs is 3. The van der Waals surface area contributed by atoms with E-state index in [2.05, 4.69) is 89.9 Å². The fraction of sp³-hybridized carbons (Fsp3) is 0.0606. The maximum absolute atomic E-state index is 4.94. The van der Waals surface area contributed by atoms with Crippen LogP contribution in [0, 0.1) is 0 Å². The Morgan fingerprint density at radius 1 is 0.541 bits per heavy atom. The number of H-pyrrole nitrogens is 1. The minimum atomic E-state index is 0.688. The number of para-hydroxylation sites is 1. The third kappa shape index (κ3) is 4.03. The smallest absolute Gasteiger partial charge is 0.164 e. The van der Waals surface area contributed by atoms with E-state index in [9.17, 15) is 0 Å². The predicted octanol–water partition coefficient (Wildman–Crippen LogP) is 8.24. The number of aromatic nitrogens is 4. The zero-order chi connectivity index (χ0) is 24.6. The molecule has 2 heterocycles.